The van der Waals surface area contributed by atoms with E-state index in [2.05, 4.69) is 35.6 Å². The van der Waals surface area contributed by atoms with E-state index < -0.39 is 0 Å². The van der Waals surface area contributed by atoms with E-state index in [1.54, 1.807) is 6.20 Å². The third-order valence-corrected chi connectivity index (χ3v) is 5.41. The van der Waals surface area contributed by atoms with Gasteiger partial charge in [0.25, 0.3) is 0 Å². The second kappa shape index (κ2) is 7.16. The Morgan fingerprint density at radius 3 is 3.05 bits per heavy atom. The molecule has 1 saturated carbocycles. The van der Waals surface area contributed by atoms with Gasteiger partial charge in [-0.15, -0.1) is 0 Å². The van der Waals surface area contributed by atoms with Crippen molar-refractivity contribution in [1.29, 1.82) is 0 Å². The van der Waals surface area contributed by atoms with Crippen molar-refractivity contribution in [3.05, 3.63) is 12.4 Å². The topological polar surface area (TPSA) is 46.9 Å². The van der Waals surface area contributed by atoms with Gasteiger partial charge in [0.15, 0.2) is 5.16 Å². The molecule has 1 aliphatic rings. The number of aryl methyl sites for hydroxylation is 1. The van der Waals surface area contributed by atoms with E-state index in [4.69, 9.17) is 0 Å². The summed E-state index contributed by atoms with van der Waals surface area (Å²) in [6, 6.07) is 0.345. The summed E-state index contributed by atoms with van der Waals surface area (Å²) in [7, 11) is 0. The number of aromatic nitrogens is 2. The van der Waals surface area contributed by atoms with Gasteiger partial charge in [0.2, 0.25) is 5.91 Å². The van der Waals surface area contributed by atoms with Crippen molar-refractivity contribution in [2.75, 3.05) is 5.75 Å². The highest BCUT2D eigenvalue weighted by Gasteiger charge is 2.28. The molecule has 1 heterocycles. The number of hydrogen-bond acceptors (Lipinski definition) is 3. The normalized spacial score (nSPS) is 26.4. The van der Waals surface area contributed by atoms with Crippen LogP contribution in [0.25, 0.3) is 0 Å². The summed E-state index contributed by atoms with van der Waals surface area (Å²) in [6.45, 7) is 7.51. The van der Waals surface area contributed by atoms with Crippen LogP contribution in [0.1, 0.15) is 40.0 Å². The number of carbonyl (C=O) groups is 1. The molecule has 0 aliphatic heterocycles. The van der Waals surface area contributed by atoms with Crippen LogP contribution in [0.15, 0.2) is 17.6 Å². The lowest BCUT2D eigenvalue weighted by Gasteiger charge is -2.34. The Morgan fingerprint density at radius 1 is 1.50 bits per heavy atom. The van der Waals surface area contributed by atoms with Gasteiger partial charge in [-0.05, 0) is 25.2 Å². The first-order valence-corrected chi connectivity index (χ1v) is 8.53. The standard InChI is InChI=1S/C15H25N3OS/c1-4-18-9-8-16-15(18)20-10-14(19)17-13-7-5-6-11(2)12(13)3/h8-9,11-13H,4-7,10H2,1-3H3,(H,17,19). The predicted octanol–water partition coefficient (Wildman–Crippen LogP) is 2.94. The number of hydrogen-bond donors (Lipinski definition) is 1. The van der Waals surface area contributed by atoms with Gasteiger partial charge in [-0.25, -0.2) is 4.98 Å². The SMILES string of the molecule is CCn1ccnc1SCC(=O)NC1CCCC(C)C1C. The molecule has 1 amide bonds. The minimum Gasteiger partial charge on any atom is -0.352 e. The summed E-state index contributed by atoms with van der Waals surface area (Å²) in [4.78, 5) is 16.4. The summed E-state index contributed by atoms with van der Waals surface area (Å²) >= 11 is 1.52. The second-order valence-corrected chi connectivity index (χ2v) is 6.67. The van der Waals surface area contributed by atoms with E-state index >= 15 is 0 Å². The lowest BCUT2D eigenvalue weighted by atomic mass is 9.78. The van der Waals surface area contributed by atoms with Crippen molar-refractivity contribution >= 4 is 17.7 Å². The second-order valence-electron chi connectivity index (χ2n) is 5.73. The molecule has 2 rings (SSSR count). The molecule has 0 spiro atoms. The average Bonchev–Trinajstić information content (AvgIpc) is 2.89. The van der Waals surface area contributed by atoms with E-state index in [0.717, 1.165) is 18.1 Å². The molecule has 5 heteroatoms. The van der Waals surface area contributed by atoms with Crippen LogP contribution in [-0.2, 0) is 11.3 Å². The molecule has 4 nitrogen and oxygen atoms in total. The van der Waals surface area contributed by atoms with Crippen LogP contribution in [0.5, 0.6) is 0 Å². The van der Waals surface area contributed by atoms with Gasteiger partial charge < -0.3 is 9.88 Å². The Labute approximate surface area is 125 Å². The first kappa shape index (κ1) is 15.4. The van der Waals surface area contributed by atoms with E-state index in [0.29, 0.717) is 23.6 Å². The van der Waals surface area contributed by atoms with Crippen LogP contribution in [0.4, 0.5) is 0 Å². The van der Waals surface area contributed by atoms with Crippen LogP contribution < -0.4 is 5.32 Å². The molecule has 0 radical (unpaired) electrons. The van der Waals surface area contributed by atoms with Gasteiger partial charge >= 0.3 is 0 Å². The zero-order valence-electron chi connectivity index (χ0n) is 12.6. The van der Waals surface area contributed by atoms with E-state index in [9.17, 15) is 4.79 Å². The van der Waals surface area contributed by atoms with Crippen molar-refractivity contribution in [2.24, 2.45) is 11.8 Å². The van der Waals surface area contributed by atoms with Gasteiger partial charge in [-0.1, -0.05) is 38.5 Å². The third kappa shape index (κ3) is 3.78. The maximum Gasteiger partial charge on any atom is 0.230 e. The highest BCUT2D eigenvalue weighted by atomic mass is 32.2. The molecule has 112 valence electrons. The fourth-order valence-electron chi connectivity index (χ4n) is 2.84. The monoisotopic (exact) mass is 295 g/mol. The van der Waals surface area contributed by atoms with Crippen LogP contribution in [-0.4, -0.2) is 27.3 Å². The van der Waals surface area contributed by atoms with Gasteiger partial charge in [-0.3, -0.25) is 4.79 Å². The fourth-order valence-corrected chi connectivity index (χ4v) is 3.68. The molecule has 1 aromatic rings. The number of nitrogens with one attached hydrogen (secondary N) is 1. The highest BCUT2D eigenvalue weighted by Crippen LogP contribution is 2.29. The van der Waals surface area contributed by atoms with Crippen molar-refractivity contribution in [1.82, 2.24) is 14.9 Å². The van der Waals surface area contributed by atoms with Gasteiger partial charge in [0.1, 0.15) is 0 Å². The molecule has 3 unspecified atom stereocenters. The molecule has 0 bridgehead atoms. The van der Waals surface area contributed by atoms with E-state index in [-0.39, 0.29) is 5.91 Å². The number of rotatable bonds is 5. The summed E-state index contributed by atoms with van der Waals surface area (Å²) < 4.78 is 2.06. The Balaban J connectivity index is 1.80. The van der Waals surface area contributed by atoms with E-state index in [1.165, 1.54) is 24.6 Å². The molecular formula is C15H25N3OS. The Hall–Kier alpha value is -0.970. The lowest BCUT2D eigenvalue weighted by Crippen LogP contribution is -2.44. The lowest BCUT2D eigenvalue weighted by molar-refractivity contribution is -0.120. The van der Waals surface area contributed by atoms with Crippen molar-refractivity contribution < 1.29 is 4.79 Å². The van der Waals surface area contributed by atoms with Crippen LogP contribution in [0, 0.1) is 11.8 Å². The first-order valence-electron chi connectivity index (χ1n) is 7.55. The Morgan fingerprint density at radius 2 is 2.30 bits per heavy atom. The zero-order valence-corrected chi connectivity index (χ0v) is 13.4. The maximum atomic E-state index is 12.1. The van der Waals surface area contributed by atoms with E-state index in [1.807, 2.05) is 6.20 Å². The predicted molar refractivity (Wildman–Crippen MR) is 82.7 cm³/mol. The molecule has 0 aromatic carbocycles. The minimum absolute atomic E-state index is 0.131. The number of amides is 1. The molecule has 1 aliphatic carbocycles. The third-order valence-electron chi connectivity index (χ3n) is 4.40. The molecule has 20 heavy (non-hydrogen) atoms. The first-order chi connectivity index (χ1) is 9.61. The fraction of sp³-hybridized carbons (Fsp3) is 0.733. The maximum absolute atomic E-state index is 12.1. The van der Waals surface area contributed by atoms with Gasteiger partial charge in [0, 0.05) is 25.0 Å². The Bertz CT molecular complexity index is 446. The Kier molecular flexibility index (Phi) is 5.52. The largest absolute Gasteiger partial charge is 0.352 e. The molecule has 3 atom stereocenters. The molecule has 1 fully saturated rings. The van der Waals surface area contributed by atoms with Crippen molar-refractivity contribution in [3.63, 3.8) is 0 Å². The number of nitrogens with zero attached hydrogens (tertiary/aromatic N) is 2. The quantitative estimate of drug-likeness (QED) is 0.850. The van der Waals surface area contributed by atoms with Crippen molar-refractivity contribution in [2.45, 2.75) is 57.8 Å². The van der Waals surface area contributed by atoms with Gasteiger partial charge in [-0.2, -0.15) is 0 Å². The number of thioether (sulfide) groups is 1. The van der Waals surface area contributed by atoms with Gasteiger partial charge in [0.05, 0.1) is 5.75 Å². The zero-order chi connectivity index (χ0) is 14.5. The van der Waals surface area contributed by atoms with Crippen LogP contribution in [0.2, 0.25) is 0 Å². The molecular weight excluding hydrogens is 270 g/mol. The minimum atomic E-state index is 0.131. The molecule has 1 N–H and O–H groups in total. The summed E-state index contributed by atoms with van der Waals surface area (Å²) in [5, 5.41) is 4.13. The van der Waals surface area contributed by atoms with Crippen LogP contribution >= 0.6 is 11.8 Å². The van der Waals surface area contributed by atoms with Crippen molar-refractivity contribution in [3.8, 4) is 0 Å². The highest BCUT2D eigenvalue weighted by molar-refractivity contribution is 7.99. The smallest absolute Gasteiger partial charge is 0.230 e. The number of carbonyl (C=O) groups excluding carboxylic acids is 1. The summed E-state index contributed by atoms with van der Waals surface area (Å²) in [6.07, 6.45) is 7.37. The number of imidazole rings is 1. The van der Waals surface area contributed by atoms with Crippen LogP contribution in [0.3, 0.4) is 0 Å². The molecule has 0 saturated heterocycles. The average molecular weight is 295 g/mol. The summed E-state index contributed by atoms with van der Waals surface area (Å²) in [5.74, 6) is 1.87. The summed E-state index contributed by atoms with van der Waals surface area (Å²) in [5.41, 5.74) is 0. The molecule has 1 aromatic heterocycles.